The molecule has 1 aromatic carbocycles. The standard InChI is InChI=1S/C12H17N3O3S/c1-14(2)19(17,18)13-7-8-15-11-6-4-3-5-10(11)9-12(15)16/h3-6,13H,7-9H2,1-2H3. The predicted molar refractivity (Wildman–Crippen MR) is 73.1 cm³/mol. The first kappa shape index (κ1) is 14.0. The van der Waals surface area contributed by atoms with E-state index >= 15 is 0 Å². The van der Waals surface area contributed by atoms with E-state index in [2.05, 4.69) is 4.72 Å². The Morgan fingerprint density at radius 1 is 1.32 bits per heavy atom. The molecule has 0 aliphatic carbocycles. The zero-order chi connectivity index (χ0) is 14.0. The van der Waals surface area contributed by atoms with E-state index in [4.69, 9.17) is 0 Å². The van der Waals surface area contributed by atoms with Gasteiger partial charge in [-0.2, -0.15) is 12.7 Å². The lowest BCUT2D eigenvalue weighted by atomic mass is 10.2. The summed E-state index contributed by atoms with van der Waals surface area (Å²) in [5.74, 6) is 0.00486. The molecule has 1 heterocycles. The number of rotatable bonds is 5. The topological polar surface area (TPSA) is 69.7 Å². The van der Waals surface area contributed by atoms with Gasteiger partial charge < -0.3 is 4.90 Å². The molecule has 0 saturated heterocycles. The molecule has 1 aliphatic rings. The Kier molecular flexibility index (Phi) is 3.88. The molecule has 1 aliphatic heterocycles. The monoisotopic (exact) mass is 283 g/mol. The molecule has 0 spiro atoms. The highest BCUT2D eigenvalue weighted by molar-refractivity contribution is 7.87. The van der Waals surface area contributed by atoms with Crippen molar-refractivity contribution < 1.29 is 13.2 Å². The van der Waals surface area contributed by atoms with Crippen LogP contribution in [0.15, 0.2) is 24.3 Å². The van der Waals surface area contributed by atoms with Crippen molar-refractivity contribution in [3.8, 4) is 0 Å². The molecule has 0 unspecified atom stereocenters. The lowest BCUT2D eigenvalue weighted by Crippen LogP contribution is -2.41. The summed E-state index contributed by atoms with van der Waals surface area (Å²) in [6, 6.07) is 7.55. The highest BCUT2D eigenvalue weighted by atomic mass is 32.2. The molecule has 0 fully saturated rings. The molecule has 1 aromatic rings. The molecule has 1 N–H and O–H groups in total. The predicted octanol–water partition coefficient (Wildman–Crippen LogP) is -0.0283. The number of amides is 1. The number of benzene rings is 1. The normalized spacial score (nSPS) is 15.1. The van der Waals surface area contributed by atoms with Gasteiger partial charge in [-0.3, -0.25) is 4.79 Å². The van der Waals surface area contributed by atoms with Gasteiger partial charge in [0.05, 0.1) is 6.42 Å². The van der Waals surface area contributed by atoms with Gasteiger partial charge in [0.2, 0.25) is 5.91 Å². The lowest BCUT2D eigenvalue weighted by molar-refractivity contribution is -0.117. The van der Waals surface area contributed by atoms with Crippen molar-refractivity contribution in [2.24, 2.45) is 0 Å². The van der Waals surface area contributed by atoms with E-state index in [0.29, 0.717) is 13.0 Å². The van der Waals surface area contributed by atoms with Crippen LogP contribution in [0.1, 0.15) is 5.56 Å². The maximum Gasteiger partial charge on any atom is 0.278 e. The zero-order valence-electron chi connectivity index (χ0n) is 11.0. The average molecular weight is 283 g/mol. The fourth-order valence-electron chi connectivity index (χ4n) is 1.98. The molecule has 0 atom stereocenters. The summed E-state index contributed by atoms with van der Waals surface area (Å²) in [4.78, 5) is 13.5. The van der Waals surface area contributed by atoms with Gasteiger partial charge >= 0.3 is 0 Å². The quantitative estimate of drug-likeness (QED) is 0.825. The fraction of sp³-hybridized carbons (Fsp3) is 0.417. The van der Waals surface area contributed by atoms with Crippen molar-refractivity contribution >= 4 is 21.8 Å². The third-order valence-electron chi connectivity index (χ3n) is 3.03. The van der Waals surface area contributed by atoms with Crippen LogP contribution in [-0.4, -0.2) is 45.8 Å². The zero-order valence-corrected chi connectivity index (χ0v) is 11.8. The SMILES string of the molecule is CN(C)S(=O)(=O)NCCN1C(=O)Cc2ccccc21. The minimum absolute atomic E-state index is 0.00486. The average Bonchev–Trinajstić information content (AvgIpc) is 2.65. The third kappa shape index (κ3) is 2.94. The van der Waals surface area contributed by atoms with Crippen molar-refractivity contribution in [1.29, 1.82) is 0 Å². The van der Waals surface area contributed by atoms with Crippen molar-refractivity contribution in [1.82, 2.24) is 9.03 Å². The molecule has 2 rings (SSSR count). The van der Waals surface area contributed by atoms with Gasteiger partial charge in [-0.25, -0.2) is 4.72 Å². The number of para-hydroxylation sites is 1. The molecule has 104 valence electrons. The number of fused-ring (bicyclic) bond motifs is 1. The summed E-state index contributed by atoms with van der Waals surface area (Å²) in [7, 11) is -0.525. The Bertz CT molecular complexity index is 584. The molecule has 7 heteroatoms. The second kappa shape index (κ2) is 5.28. The maximum atomic E-state index is 11.9. The first-order valence-electron chi connectivity index (χ1n) is 5.97. The van der Waals surface area contributed by atoms with Crippen LogP contribution in [0.4, 0.5) is 5.69 Å². The van der Waals surface area contributed by atoms with Crippen LogP contribution in [0.5, 0.6) is 0 Å². The molecule has 19 heavy (non-hydrogen) atoms. The van der Waals surface area contributed by atoms with E-state index in [1.807, 2.05) is 24.3 Å². The minimum atomic E-state index is -3.44. The van der Waals surface area contributed by atoms with Crippen molar-refractivity contribution in [2.75, 3.05) is 32.1 Å². The Morgan fingerprint density at radius 2 is 2.00 bits per heavy atom. The second-order valence-corrected chi connectivity index (χ2v) is 6.50. The minimum Gasteiger partial charge on any atom is -0.311 e. The lowest BCUT2D eigenvalue weighted by Gasteiger charge is -2.18. The Hall–Kier alpha value is -1.44. The molecule has 0 saturated carbocycles. The highest BCUT2D eigenvalue weighted by Gasteiger charge is 2.26. The van der Waals surface area contributed by atoms with Gasteiger partial charge in [-0.15, -0.1) is 0 Å². The van der Waals surface area contributed by atoms with Gasteiger partial charge in [0, 0.05) is 32.9 Å². The van der Waals surface area contributed by atoms with Crippen LogP contribution in [0, 0.1) is 0 Å². The highest BCUT2D eigenvalue weighted by Crippen LogP contribution is 2.27. The molecule has 0 aromatic heterocycles. The van der Waals surface area contributed by atoms with E-state index in [-0.39, 0.29) is 12.5 Å². The summed E-state index contributed by atoms with van der Waals surface area (Å²) in [6.07, 6.45) is 0.386. The Balaban J connectivity index is 2.00. The molecule has 1 amide bonds. The Labute approximate surface area is 113 Å². The van der Waals surface area contributed by atoms with Crippen LogP contribution < -0.4 is 9.62 Å². The number of carbonyl (C=O) groups excluding carboxylic acids is 1. The van der Waals surface area contributed by atoms with E-state index in [0.717, 1.165) is 15.6 Å². The van der Waals surface area contributed by atoms with Crippen LogP contribution in [0.3, 0.4) is 0 Å². The number of hydrogen-bond donors (Lipinski definition) is 1. The molecule has 0 bridgehead atoms. The summed E-state index contributed by atoms with van der Waals surface area (Å²) in [6.45, 7) is 0.531. The van der Waals surface area contributed by atoms with Crippen molar-refractivity contribution in [3.05, 3.63) is 29.8 Å². The molecule has 6 nitrogen and oxygen atoms in total. The Morgan fingerprint density at radius 3 is 2.68 bits per heavy atom. The van der Waals surface area contributed by atoms with Crippen molar-refractivity contribution in [3.63, 3.8) is 0 Å². The number of anilines is 1. The summed E-state index contributed by atoms with van der Waals surface area (Å²) >= 11 is 0. The molecule has 0 radical (unpaired) electrons. The van der Waals surface area contributed by atoms with Gasteiger partial charge in [0.25, 0.3) is 10.2 Å². The second-order valence-electron chi connectivity index (χ2n) is 4.53. The summed E-state index contributed by atoms with van der Waals surface area (Å²) in [5.41, 5.74) is 1.86. The fourth-order valence-corrected chi connectivity index (χ4v) is 2.58. The number of nitrogens with one attached hydrogen (secondary N) is 1. The van der Waals surface area contributed by atoms with E-state index < -0.39 is 10.2 Å². The first-order chi connectivity index (χ1) is 8.92. The van der Waals surface area contributed by atoms with Crippen molar-refractivity contribution in [2.45, 2.75) is 6.42 Å². The van der Waals surface area contributed by atoms with Gasteiger partial charge in [-0.05, 0) is 11.6 Å². The number of hydrogen-bond acceptors (Lipinski definition) is 3. The van der Waals surface area contributed by atoms with Crippen LogP contribution in [0.25, 0.3) is 0 Å². The first-order valence-corrected chi connectivity index (χ1v) is 7.41. The van der Waals surface area contributed by atoms with E-state index in [1.54, 1.807) is 4.90 Å². The molecular formula is C12H17N3O3S. The largest absolute Gasteiger partial charge is 0.311 e. The van der Waals surface area contributed by atoms with Gasteiger partial charge in [0.1, 0.15) is 0 Å². The third-order valence-corrected chi connectivity index (χ3v) is 4.56. The smallest absolute Gasteiger partial charge is 0.278 e. The van der Waals surface area contributed by atoms with Crippen LogP contribution >= 0.6 is 0 Å². The number of nitrogens with zero attached hydrogens (tertiary/aromatic N) is 2. The van der Waals surface area contributed by atoms with Gasteiger partial charge in [-0.1, -0.05) is 18.2 Å². The van der Waals surface area contributed by atoms with Crippen LogP contribution in [0.2, 0.25) is 0 Å². The summed E-state index contributed by atoms with van der Waals surface area (Å²) in [5, 5.41) is 0. The molecular weight excluding hydrogens is 266 g/mol. The maximum absolute atomic E-state index is 11.9. The van der Waals surface area contributed by atoms with E-state index in [9.17, 15) is 13.2 Å². The summed E-state index contributed by atoms with van der Waals surface area (Å²) < 4.78 is 26.6. The van der Waals surface area contributed by atoms with Crippen LogP contribution in [-0.2, 0) is 21.4 Å². The van der Waals surface area contributed by atoms with E-state index in [1.165, 1.54) is 14.1 Å². The number of carbonyl (C=O) groups is 1. The van der Waals surface area contributed by atoms with Gasteiger partial charge in [0.15, 0.2) is 0 Å².